The number of aromatic hydroxyl groups is 1. The number of hydrogen-bond donors (Lipinski definition) is 3. The highest BCUT2D eigenvalue weighted by molar-refractivity contribution is 7.16. The Morgan fingerprint density at radius 1 is 1.19 bits per heavy atom. The Morgan fingerprint density at radius 2 is 1.86 bits per heavy atom. The Kier molecular flexibility index (Phi) is 3.99. The average molecular weight is 305 g/mol. The van der Waals surface area contributed by atoms with E-state index < -0.39 is 11.9 Å². The lowest BCUT2D eigenvalue weighted by atomic mass is 10.1. The fourth-order valence-corrected chi connectivity index (χ4v) is 3.09. The van der Waals surface area contributed by atoms with E-state index in [0.717, 1.165) is 4.88 Å². The van der Waals surface area contributed by atoms with Crippen molar-refractivity contribution in [3.05, 3.63) is 45.3 Å². The highest BCUT2D eigenvalue weighted by atomic mass is 32.1. The topological polar surface area (TPSA) is 86.6 Å². The van der Waals surface area contributed by atoms with Crippen molar-refractivity contribution in [3.8, 4) is 5.75 Å². The predicted molar refractivity (Wildman–Crippen MR) is 81.5 cm³/mol. The molecule has 2 rings (SSSR count). The maximum Gasteiger partial charge on any atom is 0.338 e. The molecular weight excluding hydrogens is 290 g/mol. The Bertz CT molecular complexity index is 734. The number of carboxylic acids is 1. The van der Waals surface area contributed by atoms with Gasteiger partial charge in [-0.25, -0.2) is 4.79 Å². The Hall–Kier alpha value is -2.34. The van der Waals surface area contributed by atoms with Crippen molar-refractivity contribution in [3.63, 3.8) is 0 Å². The van der Waals surface area contributed by atoms with Crippen LogP contribution in [0.1, 0.15) is 36.7 Å². The van der Waals surface area contributed by atoms with Gasteiger partial charge in [0.2, 0.25) is 0 Å². The van der Waals surface area contributed by atoms with Crippen molar-refractivity contribution >= 4 is 28.2 Å². The van der Waals surface area contributed by atoms with Crippen molar-refractivity contribution < 1.29 is 19.8 Å². The van der Waals surface area contributed by atoms with Crippen LogP contribution in [0.15, 0.2) is 18.2 Å². The number of phenolic OH excluding ortho intramolecular Hbond substituents is 1. The summed E-state index contributed by atoms with van der Waals surface area (Å²) in [5.74, 6) is -1.37. The zero-order chi connectivity index (χ0) is 15.7. The lowest BCUT2D eigenvalue weighted by Crippen LogP contribution is -2.14. The summed E-state index contributed by atoms with van der Waals surface area (Å²) in [6, 6.07) is 4.41. The minimum Gasteiger partial charge on any atom is -0.508 e. The van der Waals surface area contributed by atoms with E-state index in [4.69, 9.17) is 0 Å². The molecule has 5 nitrogen and oxygen atoms in total. The molecule has 0 bridgehead atoms. The van der Waals surface area contributed by atoms with Gasteiger partial charge in [0.05, 0.1) is 5.56 Å². The smallest absolute Gasteiger partial charge is 0.338 e. The molecule has 2 aromatic rings. The van der Waals surface area contributed by atoms with Crippen LogP contribution >= 0.6 is 11.3 Å². The minimum absolute atomic E-state index is 0.0816. The van der Waals surface area contributed by atoms with Crippen LogP contribution in [-0.4, -0.2) is 22.1 Å². The van der Waals surface area contributed by atoms with Gasteiger partial charge in [-0.1, -0.05) is 0 Å². The molecule has 0 radical (unpaired) electrons. The zero-order valence-corrected chi connectivity index (χ0v) is 12.7. The number of aromatic carboxylic acids is 1. The molecule has 0 aliphatic rings. The Labute approximate surface area is 125 Å². The second kappa shape index (κ2) is 5.57. The third-order valence-corrected chi connectivity index (χ3v) is 4.40. The molecule has 1 heterocycles. The van der Waals surface area contributed by atoms with Crippen LogP contribution in [-0.2, 0) is 0 Å². The van der Waals surface area contributed by atoms with E-state index in [1.165, 1.54) is 29.5 Å². The van der Waals surface area contributed by atoms with Crippen molar-refractivity contribution in [2.45, 2.75) is 20.8 Å². The molecule has 1 amide bonds. The monoisotopic (exact) mass is 305 g/mol. The molecule has 110 valence electrons. The number of anilines is 1. The Morgan fingerprint density at radius 3 is 2.43 bits per heavy atom. The molecule has 1 aromatic carbocycles. The minimum atomic E-state index is -1.06. The second-order valence-electron chi connectivity index (χ2n) is 4.75. The lowest BCUT2D eigenvalue weighted by Gasteiger charge is -2.07. The van der Waals surface area contributed by atoms with Crippen LogP contribution in [0, 0.1) is 20.8 Å². The van der Waals surface area contributed by atoms with Gasteiger partial charge < -0.3 is 15.5 Å². The summed E-state index contributed by atoms with van der Waals surface area (Å²) in [5, 5.41) is 21.6. The fourth-order valence-electron chi connectivity index (χ4n) is 2.05. The number of carbonyl (C=O) groups excluding carboxylic acids is 1. The number of carbonyl (C=O) groups is 2. The van der Waals surface area contributed by atoms with Crippen LogP contribution in [0.25, 0.3) is 0 Å². The SMILES string of the molecule is Cc1cc(O)ccc1C(=O)Nc1sc(C)c(C)c1C(=O)O. The average Bonchev–Trinajstić information content (AvgIpc) is 2.64. The fraction of sp³-hybridized carbons (Fsp3) is 0.200. The highest BCUT2D eigenvalue weighted by Crippen LogP contribution is 2.33. The van der Waals surface area contributed by atoms with E-state index in [2.05, 4.69) is 5.32 Å². The van der Waals surface area contributed by atoms with Gasteiger partial charge in [0.25, 0.3) is 5.91 Å². The Balaban J connectivity index is 2.36. The van der Waals surface area contributed by atoms with Gasteiger partial charge in [0.1, 0.15) is 10.8 Å². The van der Waals surface area contributed by atoms with Crippen molar-refractivity contribution in [2.24, 2.45) is 0 Å². The molecule has 6 heteroatoms. The molecule has 0 aliphatic heterocycles. The van der Waals surface area contributed by atoms with Crippen LogP contribution in [0.2, 0.25) is 0 Å². The number of thiophene rings is 1. The van der Waals surface area contributed by atoms with Crippen molar-refractivity contribution in [1.29, 1.82) is 0 Å². The van der Waals surface area contributed by atoms with Gasteiger partial charge in [-0.2, -0.15) is 0 Å². The molecule has 0 saturated carbocycles. The molecule has 0 spiro atoms. The third kappa shape index (κ3) is 2.90. The van der Waals surface area contributed by atoms with E-state index in [9.17, 15) is 19.8 Å². The number of nitrogens with one attached hydrogen (secondary N) is 1. The van der Waals surface area contributed by atoms with Gasteiger partial charge in [-0.15, -0.1) is 11.3 Å². The molecule has 0 saturated heterocycles. The first kappa shape index (κ1) is 15.1. The molecule has 21 heavy (non-hydrogen) atoms. The number of rotatable bonds is 3. The van der Waals surface area contributed by atoms with Gasteiger partial charge >= 0.3 is 5.97 Å². The summed E-state index contributed by atoms with van der Waals surface area (Å²) in [6.45, 7) is 5.24. The highest BCUT2D eigenvalue weighted by Gasteiger charge is 2.21. The maximum atomic E-state index is 12.3. The number of phenols is 1. The molecule has 0 unspecified atom stereocenters. The first-order valence-electron chi connectivity index (χ1n) is 6.25. The standard InChI is InChI=1S/C15H15NO4S/c1-7-6-10(17)4-5-11(7)13(18)16-14-12(15(19)20)8(2)9(3)21-14/h4-6,17H,1-3H3,(H,16,18)(H,19,20). The number of carboxylic acid groups (broad SMARTS) is 1. The van der Waals surface area contributed by atoms with Crippen LogP contribution in [0.5, 0.6) is 5.75 Å². The second-order valence-corrected chi connectivity index (χ2v) is 5.97. The van der Waals surface area contributed by atoms with Crippen molar-refractivity contribution in [1.82, 2.24) is 0 Å². The van der Waals surface area contributed by atoms with E-state index in [1.54, 1.807) is 13.8 Å². The van der Waals surface area contributed by atoms with Crippen LogP contribution in [0.4, 0.5) is 5.00 Å². The van der Waals surface area contributed by atoms with E-state index in [1.807, 2.05) is 6.92 Å². The van der Waals surface area contributed by atoms with E-state index in [-0.39, 0.29) is 11.3 Å². The first-order chi connectivity index (χ1) is 9.81. The number of benzene rings is 1. The predicted octanol–water partition coefficient (Wildman–Crippen LogP) is 3.33. The summed E-state index contributed by atoms with van der Waals surface area (Å²) in [4.78, 5) is 24.4. The number of aryl methyl sites for hydroxylation is 2. The van der Waals surface area contributed by atoms with Gasteiger partial charge in [0.15, 0.2) is 0 Å². The summed E-state index contributed by atoms with van der Waals surface area (Å²) in [6.07, 6.45) is 0. The largest absolute Gasteiger partial charge is 0.508 e. The molecule has 3 N–H and O–H groups in total. The van der Waals surface area contributed by atoms with Gasteiger partial charge in [0, 0.05) is 10.4 Å². The summed E-state index contributed by atoms with van der Waals surface area (Å²) in [7, 11) is 0. The van der Waals surface area contributed by atoms with Gasteiger partial charge in [-0.05, 0) is 50.1 Å². The third-order valence-electron chi connectivity index (χ3n) is 3.28. The maximum absolute atomic E-state index is 12.3. The van der Waals surface area contributed by atoms with Gasteiger partial charge in [-0.3, -0.25) is 4.79 Å². The molecule has 1 aromatic heterocycles. The quantitative estimate of drug-likeness (QED) is 0.811. The summed E-state index contributed by atoms with van der Waals surface area (Å²) >= 11 is 1.24. The number of amides is 1. The first-order valence-corrected chi connectivity index (χ1v) is 7.07. The molecular formula is C15H15NO4S. The van der Waals surface area contributed by atoms with Crippen molar-refractivity contribution in [2.75, 3.05) is 5.32 Å². The van der Waals surface area contributed by atoms with Crippen LogP contribution < -0.4 is 5.32 Å². The van der Waals surface area contributed by atoms with E-state index >= 15 is 0 Å². The van der Waals surface area contributed by atoms with E-state index in [0.29, 0.717) is 21.7 Å². The summed E-state index contributed by atoms with van der Waals surface area (Å²) < 4.78 is 0. The summed E-state index contributed by atoms with van der Waals surface area (Å²) in [5.41, 5.74) is 1.80. The zero-order valence-electron chi connectivity index (χ0n) is 11.9. The lowest BCUT2D eigenvalue weighted by molar-refractivity contribution is 0.0697. The van der Waals surface area contributed by atoms with Crippen LogP contribution in [0.3, 0.4) is 0 Å². The normalized spacial score (nSPS) is 10.4. The molecule has 0 fully saturated rings. The molecule has 0 aliphatic carbocycles. The molecule has 0 atom stereocenters. The number of hydrogen-bond acceptors (Lipinski definition) is 4.